The van der Waals surface area contributed by atoms with Gasteiger partial charge >= 0.3 is 5.97 Å². The first-order chi connectivity index (χ1) is 10.4. The van der Waals surface area contributed by atoms with Crippen LogP contribution in [0.2, 0.25) is 0 Å². The Morgan fingerprint density at radius 2 is 2.09 bits per heavy atom. The fraction of sp³-hybridized carbons (Fsp3) is 0.688. The van der Waals surface area contributed by atoms with E-state index in [4.69, 9.17) is 0 Å². The van der Waals surface area contributed by atoms with E-state index in [0.717, 1.165) is 25.0 Å². The zero-order valence-electron chi connectivity index (χ0n) is 13.5. The number of aliphatic carboxylic acids is 1. The summed E-state index contributed by atoms with van der Waals surface area (Å²) in [7, 11) is 0. The van der Waals surface area contributed by atoms with Crippen LogP contribution >= 0.6 is 0 Å². The number of amides is 1. The van der Waals surface area contributed by atoms with Crippen LogP contribution in [-0.4, -0.2) is 32.7 Å². The van der Waals surface area contributed by atoms with Crippen molar-refractivity contribution in [3.05, 3.63) is 17.5 Å². The number of carbonyl (C=O) groups is 2. The van der Waals surface area contributed by atoms with Crippen molar-refractivity contribution < 1.29 is 14.7 Å². The Hall–Kier alpha value is -1.85. The van der Waals surface area contributed by atoms with E-state index < -0.39 is 17.4 Å². The molecule has 0 aliphatic heterocycles. The van der Waals surface area contributed by atoms with Crippen molar-refractivity contribution in [1.82, 2.24) is 15.5 Å². The highest BCUT2D eigenvalue weighted by Gasteiger charge is 2.43. The van der Waals surface area contributed by atoms with E-state index in [1.165, 1.54) is 0 Å². The first kappa shape index (κ1) is 16.5. The maximum absolute atomic E-state index is 12.4. The van der Waals surface area contributed by atoms with Gasteiger partial charge in [0, 0.05) is 5.69 Å². The second-order valence-corrected chi connectivity index (χ2v) is 6.56. The lowest BCUT2D eigenvalue weighted by molar-refractivity contribution is -0.146. The van der Waals surface area contributed by atoms with E-state index in [2.05, 4.69) is 22.4 Å². The topological polar surface area (TPSA) is 95.1 Å². The molecule has 6 nitrogen and oxygen atoms in total. The lowest BCUT2D eigenvalue weighted by Gasteiger charge is -2.37. The SMILES string of the molecule is CCC1CCC(NC(=O)c2cc(C(C)C)[nH]n2)(C(=O)O)CC1. The molecule has 0 aromatic carbocycles. The molecule has 1 fully saturated rings. The molecule has 22 heavy (non-hydrogen) atoms. The van der Waals surface area contributed by atoms with Gasteiger partial charge in [-0.15, -0.1) is 0 Å². The average molecular weight is 307 g/mol. The van der Waals surface area contributed by atoms with Crippen molar-refractivity contribution in [2.45, 2.75) is 64.3 Å². The molecule has 2 rings (SSSR count). The zero-order chi connectivity index (χ0) is 16.3. The smallest absolute Gasteiger partial charge is 0.329 e. The van der Waals surface area contributed by atoms with Gasteiger partial charge in [0.15, 0.2) is 0 Å². The molecule has 0 bridgehead atoms. The molecular weight excluding hydrogens is 282 g/mol. The van der Waals surface area contributed by atoms with Gasteiger partial charge in [0.2, 0.25) is 0 Å². The van der Waals surface area contributed by atoms with Crippen molar-refractivity contribution in [3.8, 4) is 0 Å². The van der Waals surface area contributed by atoms with E-state index in [-0.39, 0.29) is 11.6 Å². The third-order valence-corrected chi connectivity index (χ3v) is 4.75. The lowest BCUT2D eigenvalue weighted by atomic mass is 9.75. The predicted octanol–water partition coefficient (Wildman–Crippen LogP) is 2.69. The molecule has 1 aromatic heterocycles. The van der Waals surface area contributed by atoms with E-state index in [9.17, 15) is 14.7 Å². The summed E-state index contributed by atoms with van der Waals surface area (Å²) in [5, 5.41) is 19.1. The number of aromatic amines is 1. The standard InChI is InChI=1S/C16H25N3O3/c1-4-11-5-7-16(8-6-11,15(21)22)17-14(20)13-9-12(10(2)3)18-19-13/h9-11H,4-8H2,1-3H3,(H,17,20)(H,18,19)(H,21,22). The number of aromatic nitrogens is 2. The maximum Gasteiger partial charge on any atom is 0.329 e. The fourth-order valence-corrected chi connectivity index (χ4v) is 3.00. The van der Waals surface area contributed by atoms with Gasteiger partial charge in [0.25, 0.3) is 5.91 Å². The fourth-order valence-electron chi connectivity index (χ4n) is 3.00. The number of carboxylic acids is 1. The predicted molar refractivity (Wildman–Crippen MR) is 82.8 cm³/mol. The van der Waals surface area contributed by atoms with Crippen molar-refractivity contribution in [3.63, 3.8) is 0 Å². The van der Waals surface area contributed by atoms with Gasteiger partial charge in [0.05, 0.1) is 0 Å². The Labute approximate surface area is 130 Å². The molecule has 0 radical (unpaired) electrons. The molecule has 1 aliphatic carbocycles. The monoisotopic (exact) mass is 307 g/mol. The van der Waals surface area contributed by atoms with Crippen LogP contribution in [0.1, 0.15) is 75.0 Å². The summed E-state index contributed by atoms with van der Waals surface area (Å²) >= 11 is 0. The summed E-state index contributed by atoms with van der Waals surface area (Å²) in [5.41, 5.74) is -0.0363. The number of nitrogens with zero attached hydrogens (tertiary/aromatic N) is 1. The summed E-state index contributed by atoms with van der Waals surface area (Å²) in [5.74, 6) is -0.569. The first-order valence-corrected chi connectivity index (χ1v) is 7.99. The van der Waals surface area contributed by atoms with Crippen LogP contribution in [0.4, 0.5) is 0 Å². The average Bonchev–Trinajstić information content (AvgIpc) is 2.98. The van der Waals surface area contributed by atoms with Crippen LogP contribution in [0.3, 0.4) is 0 Å². The molecule has 1 aromatic rings. The number of H-pyrrole nitrogens is 1. The number of rotatable bonds is 5. The second-order valence-electron chi connectivity index (χ2n) is 6.56. The lowest BCUT2D eigenvalue weighted by Crippen LogP contribution is -2.56. The molecule has 0 saturated heterocycles. The number of hydrogen-bond acceptors (Lipinski definition) is 3. The minimum Gasteiger partial charge on any atom is -0.480 e. The van der Waals surface area contributed by atoms with E-state index >= 15 is 0 Å². The van der Waals surface area contributed by atoms with Crippen LogP contribution in [0.25, 0.3) is 0 Å². The van der Waals surface area contributed by atoms with E-state index in [0.29, 0.717) is 18.8 Å². The van der Waals surface area contributed by atoms with Crippen LogP contribution in [0.15, 0.2) is 6.07 Å². The highest BCUT2D eigenvalue weighted by molar-refractivity contribution is 5.96. The number of carboxylic acid groups (broad SMARTS) is 1. The summed E-state index contributed by atoms with van der Waals surface area (Å²) < 4.78 is 0. The zero-order valence-corrected chi connectivity index (χ0v) is 13.5. The minimum atomic E-state index is -1.15. The Balaban J connectivity index is 2.11. The molecule has 1 aliphatic rings. The summed E-state index contributed by atoms with van der Waals surface area (Å²) in [6.45, 7) is 6.12. The summed E-state index contributed by atoms with van der Waals surface area (Å²) in [4.78, 5) is 24.1. The van der Waals surface area contributed by atoms with Crippen LogP contribution in [-0.2, 0) is 4.79 Å². The molecule has 1 saturated carbocycles. The molecule has 0 spiro atoms. The Morgan fingerprint density at radius 3 is 2.55 bits per heavy atom. The van der Waals surface area contributed by atoms with Gasteiger partial charge in [-0.25, -0.2) is 4.79 Å². The van der Waals surface area contributed by atoms with Crippen molar-refractivity contribution >= 4 is 11.9 Å². The molecule has 122 valence electrons. The largest absolute Gasteiger partial charge is 0.480 e. The van der Waals surface area contributed by atoms with Gasteiger partial charge in [0.1, 0.15) is 11.2 Å². The van der Waals surface area contributed by atoms with Gasteiger partial charge in [-0.1, -0.05) is 27.2 Å². The van der Waals surface area contributed by atoms with E-state index in [1.54, 1.807) is 6.07 Å². The molecule has 1 heterocycles. The van der Waals surface area contributed by atoms with Gasteiger partial charge < -0.3 is 10.4 Å². The minimum absolute atomic E-state index is 0.238. The van der Waals surface area contributed by atoms with Crippen LogP contribution in [0.5, 0.6) is 0 Å². The Kier molecular flexibility index (Phi) is 4.88. The molecule has 0 unspecified atom stereocenters. The Morgan fingerprint density at radius 1 is 1.45 bits per heavy atom. The van der Waals surface area contributed by atoms with Crippen LogP contribution < -0.4 is 5.32 Å². The molecular formula is C16H25N3O3. The van der Waals surface area contributed by atoms with Crippen molar-refractivity contribution in [1.29, 1.82) is 0 Å². The third-order valence-electron chi connectivity index (χ3n) is 4.75. The van der Waals surface area contributed by atoms with Crippen molar-refractivity contribution in [2.24, 2.45) is 5.92 Å². The van der Waals surface area contributed by atoms with Crippen LogP contribution in [0, 0.1) is 5.92 Å². The van der Waals surface area contributed by atoms with Gasteiger partial charge in [-0.2, -0.15) is 5.10 Å². The third kappa shape index (κ3) is 3.31. The normalized spacial score (nSPS) is 25.2. The number of carbonyl (C=O) groups excluding carboxylic acids is 1. The highest BCUT2D eigenvalue weighted by atomic mass is 16.4. The van der Waals surface area contributed by atoms with Gasteiger partial charge in [-0.05, 0) is 43.6 Å². The van der Waals surface area contributed by atoms with Gasteiger partial charge in [-0.3, -0.25) is 9.89 Å². The number of hydrogen-bond donors (Lipinski definition) is 3. The Bertz CT molecular complexity index is 543. The summed E-state index contributed by atoms with van der Waals surface area (Å²) in [6.07, 6.45) is 3.69. The molecule has 0 atom stereocenters. The summed E-state index contributed by atoms with van der Waals surface area (Å²) in [6, 6.07) is 1.69. The van der Waals surface area contributed by atoms with Crippen molar-refractivity contribution in [2.75, 3.05) is 0 Å². The highest BCUT2D eigenvalue weighted by Crippen LogP contribution is 2.34. The quantitative estimate of drug-likeness (QED) is 0.779. The van der Waals surface area contributed by atoms with E-state index in [1.807, 2.05) is 13.8 Å². The molecule has 1 amide bonds. The second kappa shape index (κ2) is 6.50. The molecule has 3 N–H and O–H groups in total. The number of nitrogens with one attached hydrogen (secondary N) is 2. The first-order valence-electron chi connectivity index (χ1n) is 7.99. The maximum atomic E-state index is 12.4. The molecule has 6 heteroatoms.